The van der Waals surface area contributed by atoms with Gasteiger partial charge >= 0.3 is 0 Å². The Labute approximate surface area is 181 Å². The molecule has 1 aromatic carbocycles. The van der Waals surface area contributed by atoms with Gasteiger partial charge < -0.3 is 20.1 Å². The molecule has 0 aromatic heterocycles. The highest BCUT2D eigenvalue weighted by Crippen LogP contribution is 2.10. The van der Waals surface area contributed by atoms with E-state index < -0.39 is 11.8 Å². The van der Waals surface area contributed by atoms with Crippen molar-refractivity contribution in [2.75, 3.05) is 44.8 Å². The third kappa shape index (κ3) is 9.10. The normalized spacial score (nSPS) is 13.0. The molecule has 0 atom stereocenters. The standard InChI is InChI=1S/C22H29N3O6/c1-2-17-3-5-18(6-4-17)24-20(27)10-13-30-15-16-31-14-11-23-19(26)9-12-25-21(28)7-8-22(25)29/h3-8H,2,9-16H2,1H3,(H,23,26)(H,24,27). The maximum Gasteiger partial charge on any atom is 0.253 e. The van der Waals surface area contributed by atoms with E-state index >= 15 is 0 Å². The Balaban J connectivity index is 1.41. The summed E-state index contributed by atoms with van der Waals surface area (Å²) in [4.78, 5) is 47.4. The Bertz CT molecular complexity index is 773. The van der Waals surface area contributed by atoms with Gasteiger partial charge in [-0.1, -0.05) is 19.1 Å². The van der Waals surface area contributed by atoms with E-state index in [1.165, 1.54) is 17.7 Å². The van der Waals surface area contributed by atoms with Gasteiger partial charge in [0, 0.05) is 37.3 Å². The summed E-state index contributed by atoms with van der Waals surface area (Å²) in [5, 5.41) is 5.48. The minimum atomic E-state index is -0.399. The molecule has 168 valence electrons. The van der Waals surface area contributed by atoms with Gasteiger partial charge in [-0.05, 0) is 24.1 Å². The monoisotopic (exact) mass is 431 g/mol. The molecule has 2 rings (SSSR count). The van der Waals surface area contributed by atoms with E-state index in [9.17, 15) is 19.2 Å². The number of nitrogens with one attached hydrogen (secondary N) is 2. The van der Waals surface area contributed by atoms with Gasteiger partial charge in [0.25, 0.3) is 11.8 Å². The number of nitrogens with zero attached hydrogens (tertiary/aromatic N) is 1. The zero-order valence-electron chi connectivity index (χ0n) is 17.7. The molecule has 1 heterocycles. The summed E-state index contributed by atoms with van der Waals surface area (Å²) in [7, 11) is 0. The first kappa shape index (κ1) is 24.2. The SMILES string of the molecule is CCc1ccc(NC(=O)CCOCCOCCNC(=O)CCN2C(=O)C=CC2=O)cc1. The summed E-state index contributed by atoms with van der Waals surface area (Å²) in [6, 6.07) is 7.73. The number of benzene rings is 1. The fourth-order valence-corrected chi connectivity index (χ4v) is 2.75. The van der Waals surface area contributed by atoms with Crippen LogP contribution in [-0.4, -0.2) is 68.0 Å². The Morgan fingerprint density at radius 1 is 0.871 bits per heavy atom. The minimum Gasteiger partial charge on any atom is -0.379 e. The molecule has 0 spiro atoms. The van der Waals surface area contributed by atoms with Crippen LogP contribution in [0.1, 0.15) is 25.3 Å². The number of aryl methyl sites for hydroxylation is 1. The summed E-state index contributed by atoms with van der Waals surface area (Å²) in [5.41, 5.74) is 1.98. The average molecular weight is 431 g/mol. The highest BCUT2D eigenvalue weighted by molar-refractivity contribution is 6.13. The zero-order chi connectivity index (χ0) is 22.5. The summed E-state index contributed by atoms with van der Waals surface area (Å²) >= 11 is 0. The molecule has 0 bridgehead atoms. The van der Waals surface area contributed by atoms with Crippen LogP contribution in [0.4, 0.5) is 5.69 Å². The molecule has 0 saturated heterocycles. The molecule has 0 saturated carbocycles. The van der Waals surface area contributed by atoms with Gasteiger partial charge in [0.1, 0.15) is 0 Å². The van der Waals surface area contributed by atoms with E-state index in [-0.39, 0.29) is 31.2 Å². The van der Waals surface area contributed by atoms with Gasteiger partial charge in [-0.15, -0.1) is 0 Å². The average Bonchev–Trinajstić information content (AvgIpc) is 3.08. The predicted molar refractivity (Wildman–Crippen MR) is 114 cm³/mol. The first-order valence-corrected chi connectivity index (χ1v) is 10.3. The van der Waals surface area contributed by atoms with Crippen LogP contribution in [-0.2, 0) is 35.1 Å². The lowest BCUT2D eigenvalue weighted by atomic mass is 10.1. The van der Waals surface area contributed by atoms with Crippen LogP contribution < -0.4 is 10.6 Å². The van der Waals surface area contributed by atoms with Crippen molar-refractivity contribution in [3.8, 4) is 0 Å². The molecule has 0 unspecified atom stereocenters. The van der Waals surface area contributed by atoms with E-state index in [0.717, 1.165) is 17.0 Å². The molecule has 1 aliphatic heterocycles. The lowest BCUT2D eigenvalue weighted by molar-refractivity contribution is -0.137. The highest BCUT2D eigenvalue weighted by Gasteiger charge is 2.23. The number of carbonyl (C=O) groups excluding carboxylic acids is 4. The van der Waals surface area contributed by atoms with Crippen molar-refractivity contribution in [3.05, 3.63) is 42.0 Å². The molecule has 0 aliphatic carbocycles. The van der Waals surface area contributed by atoms with Crippen LogP contribution in [0.3, 0.4) is 0 Å². The van der Waals surface area contributed by atoms with Crippen molar-refractivity contribution in [1.82, 2.24) is 10.2 Å². The molecule has 2 N–H and O–H groups in total. The van der Waals surface area contributed by atoms with E-state index in [1.807, 2.05) is 24.3 Å². The molecule has 31 heavy (non-hydrogen) atoms. The number of anilines is 1. The first-order valence-electron chi connectivity index (χ1n) is 10.3. The second-order valence-electron chi connectivity index (χ2n) is 6.83. The number of hydrogen-bond donors (Lipinski definition) is 2. The Kier molecular flexibility index (Phi) is 10.4. The Hall–Kier alpha value is -3.04. The van der Waals surface area contributed by atoms with E-state index in [0.29, 0.717) is 33.0 Å². The van der Waals surface area contributed by atoms with Crippen molar-refractivity contribution in [3.63, 3.8) is 0 Å². The molecule has 1 aromatic rings. The number of ether oxygens (including phenoxy) is 2. The number of amides is 4. The van der Waals surface area contributed by atoms with Crippen molar-refractivity contribution < 1.29 is 28.7 Å². The molecule has 1 aliphatic rings. The molecule has 9 nitrogen and oxygen atoms in total. The summed E-state index contributed by atoms with van der Waals surface area (Å²) < 4.78 is 10.7. The molecule has 0 fully saturated rings. The smallest absolute Gasteiger partial charge is 0.253 e. The third-order valence-electron chi connectivity index (χ3n) is 4.52. The fourth-order valence-electron chi connectivity index (χ4n) is 2.75. The number of rotatable bonds is 14. The van der Waals surface area contributed by atoms with Gasteiger partial charge in [-0.3, -0.25) is 24.1 Å². The van der Waals surface area contributed by atoms with Crippen LogP contribution in [0.5, 0.6) is 0 Å². The van der Waals surface area contributed by atoms with Crippen LogP contribution in [0, 0.1) is 0 Å². The maximum absolute atomic E-state index is 11.9. The van der Waals surface area contributed by atoms with Crippen molar-refractivity contribution in [1.29, 1.82) is 0 Å². The predicted octanol–water partition coefficient (Wildman–Crippen LogP) is 1.04. The second kappa shape index (κ2) is 13.3. The summed E-state index contributed by atoms with van der Waals surface area (Å²) in [6.45, 7) is 3.75. The van der Waals surface area contributed by atoms with Crippen LogP contribution in [0.2, 0.25) is 0 Å². The van der Waals surface area contributed by atoms with Gasteiger partial charge in [-0.2, -0.15) is 0 Å². The molecular formula is C22H29N3O6. The summed E-state index contributed by atoms with van der Waals surface area (Å²) in [6.07, 6.45) is 3.63. The van der Waals surface area contributed by atoms with Crippen molar-refractivity contribution in [2.45, 2.75) is 26.2 Å². The Morgan fingerprint density at radius 3 is 2.16 bits per heavy atom. The maximum atomic E-state index is 11.9. The molecular weight excluding hydrogens is 402 g/mol. The number of hydrogen-bond acceptors (Lipinski definition) is 6. The van der Waals surface area contributed by atoms with E-state index in [1.54, 1.807) is 0 Å². The second-order valence-corrected chi connectivity index (χ2v) is 6.83. The van der Waals surface area contributed by atoms with Crippen LogP contribution >= 0.6 is 0 Å². The van der Waals surface area contributed by atoms with Gasteiger partial charge in [0.05, 0.1) is 32.8 Å². The topological polar surface area (TPSA) is 114 Å². The van der Waals surface area contributed by atoms with Gasteiger partial charge in [0.2, 0.25) is 11.8 Å². The molecule has 9 heteroatoms. The van der Waals surface area contributed by atoms with Gasteiger partial charge in [-0.25, -0.2) is 0 Å². The summed E-state index contributed by atoms with van der Waals surface area (Å²) in [5.74, 6) is -1.17. The number of imide groups is 1. The Morgan fingerprint density at radius 2 is 1.52 bits per heavy atom. The first-order chi connectivity index (χ1) is 15.0. The third-order valence-corrected chi connectivity index (χ3v) is 4.52. The van der Waals surface area contributed by atoms with Crippen LogP contribution in [0.15, 0.2) is 36.4 Å². The van der Waals surface area contributed by atoms with E-state index in [2.05, 4.69) is 17.6 Å². The zero-order valence-corrected chi connectivity index (χ0v) is 17.7. The quantitative estimate of drug-likeness (QED) is 0.336. The van der Waals surface area contributed by atoms with E-state index in [4.69, 9.17) is 9.47 Å². The lowest BCUT2D eigenvalue weighted by Crippen LogP contribution is -2.35. The minimum absolute atomic E-state index is 0.0487. The van der Waals surface area contributed by atoms with Crippen molar-refractivity contribution >= 4 is 29.3 Å². The molecule has 0 radical (unpaired) electrons. The van der Waals surface area contributed by atoms with Crippen molar-refractivity contribution in [2.24, 2.45) is 0 Å². The number of carbonyl (C=O) groups is 4. The van der Waals surface area contributed by atoms with Crippen LogP contribution in [0.25, 0.3) is 0 Å². The largest absolute Gasteiger partial charge is 0.379 e. The lowest BCUT2D eigenvalue weighted by Gasteiger charge is -2.13. The molecule has 4 amide bonds. The highest BCUT2D eigenvalue weighted by atomic mass is 16.5. The van der Waals surface area contributed by atoms with Gasteiger partial charge in [0.15, 0.2) is 0 Å². The fraction of sp³-hybridized carbons (Fsp3) is 0.455.